The number of amides is 1. The number of nitrogens with zero attached hydrogens (tertiary/aromatic N) is 2. The molecule has 2 unspecified atom stereocenters. The Balaban J connectivity index is 1.78. The van der Waals surface area contributed by atoms with E-state index in [2.05, 4.69) is 24.5 Å². The summed E-state index contributed by atoms with van der Waals surface area (Å²) in [6.07, 6.45) is 5.89. The third-order valence-corrected chi connectivity index (χ3v) is 4.42. The second-order valence-corrected chi connectivity index (χ2v) is 6.02. The maximum Gasteiger partial charge on any atom is 0.223 e. The van der Waals surface area contributed by atoms with Crippen LogP contribution in [0.25, 0.3) is 0 Å². The number of rotatable bonds is 4. The molecule has 2 aliphatic rings. The minimum atomic E-state index is 0.255. The van der Waals surface area contributed by atoms with Gasteiger partial charge in [-0.3, -0.25) is 9.69 Å². The molecule has 0 aliphatic carbocycles. The van der Waals surface area contributed by atoms with E-state index in [4.69, 9.17) is 0 Å². The smallest absolute Gasteiger partial charge is 0.223 e. The van der Waals surface area contributed by atoms with Crippen LogP contribution >= 0.6 is 12.6 Å². The minimum Gasteiger partial charge on any atom is -0.340 e. The average molecular weight is 256 g/mol. The number of likely N-dealkylation sites (tertiary alicyclic amines) is 2. The molecule has 0 aromatic heterocycles. The van der Waals surface area contributed by atoms with Gasteiger partial charge in [0.15, 0.2) is 0 Å². The maximum atomic E-state index is 11.7. The van der Waals surface area contributed by atoms with Crippen molar-refractivity contribution in [1.29, 1.82) is 0 Å². The number of piperidine rings is 1. The molecule has 0 bridgehead atoms. The number of carbonyl (C=O) groups excluding carboxylic acids is 1. The number of thiol groups is 1. The van der Waals surface area contributed by atoms with Gasteiger partial charge >= 0.3 is 0 Å². The highest BCUT2D eigenvalue weighted by Crippen LogP contribution is 2.20. The van der Waals surface area contributed by atoms with Gasteiger partial charge in [0.05, 0.1) is 0 Å². The molecule has 3 nitrogen and oxygen atoms in total. The van der Waals surface area contributed by atoms with Crippen molar-refractivity contribution in [3.05, 3.63) is 0 Å². The predicted molar refractivity (Wildman–Crippen MR) is 73.5 cm³/mol. The highest BCUT2D eigenvalue weighted by Gasteiger charge is 2.28. The summed E-state index contributed by atoms with van der Waals surface area (Å²) < 4.78 is 0. The molecular formula is C13H24N2OS. The van der Waals surface area contributed by atoms with E-state index in [9.17, 15) is 4.79 Å². The first-order chi connectivity index (χ1) is 8.20. The fraction of sp³-hybridized carbons (Fsp3) is 0.923. The van der Waals surface area contributed by atoms with Gasteiger partial charge in [-0.05, 0) is 25.8 Å². The van der Waals surface area contributed by atoms with Crippen LogP contribution in [0.3, 0.4) is 0 Å². The Morgan fingerprint density at radius 3 is 2.82 bits per heavy atom. The molecule has 0 spiro atoms. The first kappa shape index (κ1) is 13.2. The first-order valence-corrected chi connectivity index (χ1v) is 7.42. The highest BCUT2D eigenvalue weighted by molar-refractivity contribution is 7.81. The van der Waals surface area contributed by atoms with Crippen molar-refractivity contribution in [2.75, 3.05) is 26.2 Å². The molecule has 2 fully saturated rings. The molecule has 98 valence electrons. The zero-order valence-electron chi connectivity index (χ0n) is 10.8. The Hall–Kier alpha value is -0.220. The van der Waals surface area contributed by atoms with E-state index in [1.165, 1.54) is 32.2 Å². The van der Waals surface area contributed by atoms with Gasteiger partial charge in [0, 0.05) is 37.3 Å². The molecule has 17 heavy (non-hydrogen) atoms. The second kappa shape index (κ2) is 6.10. The molecule has 0 aromatic carbocycles. The van der Waals surface area contributed by atoms with Crippen LogP contribution in [-0.2, 0) is 4.79 Å². The van der Waals surface area contributed by atoms with Gasteiger partial charge in [0.2, 0.25) is 5.91 Å². The third-order valence-electron chi connectivity index (χ3n) is 4.07. The Morgan fingerprint density at radius 2 is 2.18 bits per heavy atom. The first-order valence-electron chi connectivity index (χ1n) is 6.90. The van der Waals surface area contributed by atoms with E-state index in [1.807, 2.05) is 4.90 Å². The van der Waals surface area contributed by atoms with E-state index in [-0.39, 0.29) is 11.2 Å². The van der Waals surface area contributed by atoms with Gasteiger partial charge in [-0.25, -0.2) is 0 Å². The minimum absolute atomic E-state index is 0.255. The van der Waals surface area contributed by atoms with E-state index >= 15 is 0 Å². The monoisotopic (exact) mass is 256 g/mol. The summed E-state index contributed by atoms with van der Waals surface area (Å²) in [5.74, 6) is 0.287. The topological polar surface area (TPSA) is 23.6 Å². The fourth-order valence-corrected chi connectivity index (χ4v) is 3.39. The van der Waals surface area contributed by atoms with Crippen molar-refractivity contribution >= 4 is 18.5 Å². The molecule has 2 saturated heterocycles. The number of hydrogen-bond acceptors (Lipinski definition) is 3. The van der Waals surface area contributed by atoms with Crippen LogP contribution in [0.15, 0.2) is 0 Å². The van der Waals surface area contributed by atoms with Crippen LogP contribution < -0.4 is 0 Å². The van der Waals surface area contributed by atoms with Crippen LogP contribution in [0.5, 0.6) is 0 Å². The van der Waals surface area contributed by atoms with Crippen molar-refractivity contribution in [2.45, 2.75) is 50.3 Å². The summed E-state index contributed by atoms with van der Waals surface area (Å²) in [6, 6.07) is 0.744. The van der Waals surface area contributed by atoms with Gasteiger partial charge < -0.3 is 4.90 Å². The molecule has 0 aromatic rings. The van der Waals surface area contributed by atoms with E-state index in [0.717, 1.165) is 25.7 Å². The lowest BCUT2D eigenvalue weighted by Crippen LogP contribution is -2.44. The zero-order chi connectivity index (χ0) is 12.3. The molecule has 0 radical (unpaired) electrons. The fourth-order valence-electron chi connectivity index (χ4n) is 3.03. The molecule has 0 N–H and O–H groups in total. The van der Waals surface area contributed by atoms with Gasteiger partial charge in [-0.15, -0.1) is 0 Å². The summed E-state index contributed by atoms with van der Waals surface area (Å²) in [4.78, 5) is 16.2. The van der Waals surface area contributed by atoms with Gasteiger partial charge in [0.25, 0.3) is 0 Å². The van der Waals surface area contributed by atoms with E-state index < -0.39 is 0 Å². The van der Waals surface area contributed by atoms with Crippen LogP contribution in [-0.4, -0.2) is 53.2 Å². The van der Waals surface area contributed by atoms with Crippen LogP contribution in [0.2, 0.25) is 0 Å². The van der Waals surface area contributed by atoms with Gasteiger partial charge in [0.1, 0.15) is 0 Å². The van der Waals surface area contributed by atoms with Crippen molar-refractivity contribution in [1.82, 2.24) is 9.80 Å². The molecule has 2 atom stereocenters. The molecular weight excluding hydrogens is 232 g/mol. The summed E-state index contributed by atoms with van der Waals surface area (Å²) in [6.45, 7) is 6.27. The van der Waals surface area contributed by atoms with Crippen LogP contribution in [0.1, 0.15) is 39.0 Å². The molecule has 1 amide bonds. The van der Waals surface area contributed by atoms with Crippen LogP contribution in [0.4, 0.5) is 0 Å². The normalized spacial score (nSPS) is 31.2. The second-order valence-electron chi connectivity index (χ2n) is 5.29. The summed E-state index contributed by atoms with van der Waals surface area (Å²) >= 11 is 4.39. The van der Waals surface area contributed by atoms with Crippen molar-refractivity contribution in [2.24, 2.45) is 0 Å². The van der Waals surface area contributed by atoms with Gasteiger partial charge in [-0.2, -0.15) is 12.6 Å². The Morgan fingerprint density at radius 1 is 1.35 bits per heavy atom. The van der Waals surface area contributed by atoms with Crippen molar-refractivity contribution in [3.8, 4) is 0 Å². The number of carbonyl (C=O) groups is 1. The molecule has 0 saturated carbocycles. The summed E-state index contributed by atoms with van der Waals surface area (Å²) in [5.41, 5.74) is 0. The lowest BCUT2D eigenvalue weighted by Gasteiger charge is -2.36. The quantitative estimate of drug-likeness (QED) is 0.775. The third kappa shape index (κ3) is 3.38. The lowest BCUT2D eigenvalue weighted by atomic mass is 10.0. The zero-order valence-corrected chi connectivity index (χ0v) is 11.7. The Labute approximate surface area is 110 Å². The molecule has 4 heteroatoms. The molecule has 2 rings (SSSR count). The van der Waals surface area contributed by atoms with E-state index in [1.54, 1.807) is 0 Å². The van der Waals surface area contributed by atoms with Crippen molar-refractivity contribution in [3.63, 3.8) is 0 Å². The average Bonchev–Trinajstić information content (AvgIpc) is 2.65. The maximum absolute atomic E-state index is 11.7. The highest BCUT2D eigenvalue weighted by atomic mass is 32.1. The summed E-state index contributed by atoms with van der Waals surface area (Å²) in [5, 5.41) is 0.255. The molecule has 2 aliphatic heterocycles. The standard InChI is InChI=1S/C13H24N2OS/c1-2-11-5-3-4-6-14(11)7-8-15-10-12(17)9-13(15)16/h11-12,17H,2-10H2,1H3. The Bertz CT molecular complexity index is 272. The largest absolute Gasteiger partial charge is 0.340 e. The molecule has 2 heterocycles. The summed E-state index contributed by atoms with van der Waals surface area (Å²) in [7, 11) is 0. The lowest BCUT2D eigenvalue weighted by molar-refractivity contribution is -0.128. The van der Waals surface area contributed by atoms with Crippen molar-refractivity contribution < 1.29 is 4.79 Å². The predicted octanol–water partition coefficient (Wildman–Crippen LogP) is 1.78. The SMILES string of the molecule is CCC1CCCCN1CCN1CC(S)CC1=O. The Kier molecular flexibility index (Phi) is 4.74. The van der Waals surface area contributed by atoms with Gasteiger partial charge in [-0.1, -0.05) is 13.3 Å². The van der Waals surface area contributed by atoms with E-state index in [0.29, 0.717) is 6.42 Å². The van der Waals surface area contributed by atoms with Crippen LogP contribution in [0, 0.1) is 0 Å². The number of hydrogen-bond donors (Lipinski definition) is 1.